The zero-order chi connectivity index (χ0) is 23.8. The molecule has 0 heterocycles. The van der Waals surface area contributed by atoms with Crippen LogP contribution in [0.1, 0.15) is 119 Å². The Kier molecular flexibility index (Phi) is 12.1. The summed E-state index contributed by atoms with van der Waals surface area (Å²) >= 11 is 0. The summed E-state index contributed by atoms with van der Waals surface area (Å²) in [5.41, 5.74) is 3.88. The summed E-state index contributed by atoms with van der Waals surface area (Å²) in [5.74, 6) is 7.02. The molecule has 0 aromatic carbocycles. The van der Waals surface area contributed by atoms with Crippen LogP contribution in [0.15, 0.2) is 23.8 Å². The van der Waals surface area contributed by atoms with Gasteiger partial charge >= 0.3 is 0 Å². The van der Waals surface area contributed by atoms with E-state index in [2.05, 4.69) is 70.4 Å². The second-order valence-corrected chi connectivity index (χ2v) is 13.3. The number of rotatable bonds is 11. The fourth-order valence-electron chi connectivity index (χ4n) is 7.26. The quantitative estimate of drug-likeness (QED) is 0.212. The standard InChI is InChI=1S/C31H57P/c1-9-25(17-21(3)4)28-15-13-27(14-16-28)24(8)12-11-23(7)18-29-19-26(10-2)31(32)20-30(29)22(5)6/h17,22,24-31H,7,9-16,18-20,32H2,1-6,8H3/t24?,25?,26-,27?,28?,29+,30?,31?/m0/s1. The maximum absolute atomic E-state index is 4.59. The molecule has 2 rings (SSSR count). The van der Waals surface area contributed by atoms with Gasteiger partial charge in [-0.2, -0.15) is 0 Å². The van der Waals surface area contributed by atoms with E-state index < -0.39 is 0 Å². The third-order valence-corrected chi connectivity index (χ3v) is 10.3. The summed E-state index contributed by atoms with van der Waals surface area (Å²) in [7, 11) is 3.18. The zero-order valence-corrected chi connectivity index (χ0v) is 24.0. The maximum Gasteiger partial charge on any atom is -0.0205 e. The van der Waals surface area contributed by atoms with Crippen molar-refractivity contribution in [3.05, 3.63) is 23.8 Å². The average molecular weight is 461 g/mol. The number of hydrogen-bond donors (Lipinski definition) is 0. The van der Waals surface area contributed by atoms with Crippen LogP contribution >= 0.6 is 9.24 Å². The Morgan fingerprint density at radius 3 is 2.12 bits per heavy atom. The van der Waals surface area contributed by atoms with Gasteiger partial charge in [-0.15, -0.1) is 9.24 Å². The lowest BCUT2D eigenvalue weighted by Crippen LogP contribution is -2.35. The predicted molar refractivity (Wildman–Crippen MR) is 149 cm³/mol. The maximum atomic E-state index is 4.59. The highest BCUT2D eigenvalue weighted by atomic mass is 31.0. The first-order chi connectivity index (χ1) is 15.2. The van der Waals surface area contributed by atoms with E-state index >= 15 is 0 Å². The summed E-state index contributed by atoms with van der Waals surface area (Å²) < 4.78 is 0. The summed E-state index contributed by atoms with van der Waals surface area (Å²) in [6.45, 7) is 21.3. The van der Waals surface area contributed by atoms with Crippen molar-refractivity contribution in [3.63, 3.8) is 0 Å². The van der Waals surface area contributed by atoms with Gasteiger partial charge in [-0.05, 0) is 131 Å². The Bertz CT molecular complexity index is 575. The summed E-state index contributed by atoms with van der Waals surface area (Å²) in [5, 5.41) is 0. The molecular weight excluding hydrogens is 403 g/mol. The first kappa shape index (κ1) is 28.1. The molecule has 186 valence electrons. The molecule has 2 saturated carbocycles. The van der Waals surface area contributed by atoms with E-state index in [9.17, 15) is 0 Å². The fourth-order valence-corrected chi connectivity index (χ4v) is 8.00. The molecular formula is C31H57P. The van der Waals surface area contributed by atoms with Crippen LogP contribution in [0.2, 0.25) is 0 Å². The molecule has 2 aliphatic rings. The van der Waals surface area contributed by atoms with Crippen LogP contribution in [-0.2, 0) is 0 Å². The van der Waals surface area contributed by atoms with Crippen molar-refractivity contribution in [1.29, 1.82) is 0 Å². The molecule has 0 spiro atoms. The summed E-state index contributed by atoms with van der Waals surface area (Å²) in [4.78, 5) is 0. The van der Waals surface area contributed by atoms with Crippen molar-refractivity contribution in [2.75, 3.05) is 0 Å². The molecule has 0 bridgehead atoms. The second kappa shape index (κ2) is 13.7. The molecule has 0 aliphatic heterocycles. The highest BCUT2D eigenvalue weighted by Gasteiger charge is 2.36. The Morgan fingerprint density at radius 1 is 0.969 bits per heavy atom. The van der Waals surface area contributed by atoms with Crippen molar-refractivity contribution >= 4 is 9.24 Å². The van der Waals surface area contributed by atoms with Gasteiger partial charge in [0.05, 0.1) is 0 Å². The smallest absolute Gasteiger partial charge is 0.0205 e. The van der Waals surface area contributed by atoms with Gasteiger partial charge < -0.3 is 0 Å². The second-order valence-electron chi connectivity index (χ2n) is 12.4. The predicted octanol–water partition coefficient (Wildman–Crippen LogP) is 10.1. The van der Waals surface area contributed by atoms with Gasteiger partial charge in [0.2, 0.25) is 0 Å². The Morgan fingerprint density at radius 2 is 1.59 bits per heavy atom. The first-order valence-corrected chi connectivity index (χ1v) is 14.9. The molecule has 32 heavy (non-hydrogen) atoms. The summed E-state index contributed by atoms with van der Waals surface area (Å²) in [6, 6.07) is 0. The molecule has 0 N–H and O–H groups in total. The highest BCUT2D eigenvalue weighted by Crippen LogP contribution is 2.45. The lowest BCUT2D eigenvalue weighted by atomic mass is 9.66. The normalized spacial score (nSPS) is 33.0. The Labute approximate surface area is 205 Å². The largest absolute Gasteiger partial charge is 0.134 e. The van der Waals surface area contributed by atoms with Crippen LogP contribution in [0.5, 0.6) is 0 Å². The lowest BCUT2D eigenvalue weighted by molar-refractivity contribution is 0.138. The molecule has 1 heteroatoms. The van der Waals surface area contributed by atoms with E-state index in [4.69, 9.17) is 0 Å². The van der Waals surface area contributed by atoms with Crippen LogP contribution in [0, 0.1) is 47.3 Å². The van der Waals surface area contributed by atoms with E-state index in [1.54, 1.807) is 5.57 Å². The van der Waals surface area contributed by atoms with E-state index in [1.807, 2.05) is 0 Å². The summed E-state index contributed by atoms with van der Waals surface area (Å²) in [6.07, 6.45) is 17.8. The van der Waals surface area contributed by atoms with Crippen LogP contribution in [0.3, 0.4) is 0 Å². The van der Waals surface area contributed by atoms with Crippen molar-refractivity contribution < 1.29 is 0 Å². The molecule has 2 fully saturated rings. The van der Waals surface area contributed by atoms with E-state index in [-0.39, 0.29) is 0 Å². The van der Waals surface area contributed by atoms with Crippen molar-refractivity contribution in [2.24, 2.45) is 47.3 Å². The molecule has 0 aromatic heterocycles. The molecule has 0 radical (unpaired) electrons. The van der Waals surface area contributed by atoms with Gasteiger partial charge in [0.1, 0.15) is 0 Å². The van der Waals surface area contributed by atoms with Gasteiger partial charge in [-0.3, -0.25) is 0 Å². The first-order valence-electron chi connectivity index (χ1n) is 14.2. The molecule has 0 saturated heterocycles. The minimum atomic E-state index is 0.807. The minimum absolute atomic E-state index is 0.807. The molecule has 2 aliphatic carbocycles. The van der Waals surface area contributed by atoms with Gasteiger partial charge in [-0.25, -0.2) is 0 Å². The van der Waals surface area contributed by atoms with Crippen LogP contribution in [0.25, 0.3) is 0 Å². The highest BCUT2D eigenvalue weighted by molar-refractivity contribution is 7.17. The van der Waals surface area contributed by atoms with Gasteiger partial charge in [0.25, 0.3) is 0 Å². The lowest BCUT2D eigenvalue weighted by Gasteiger charge is -2.42. The molecule has 0 amide bonds. The molecule has 0 nitrogen and oxygen atoms in total. The van der Waals surface area contributed by atoms with Gasteiger partial charge in [0, 0.05) is 0 Å². The number of allylic oxidation sites excluding steroid dienone is 3. The van der Waals surface area contributed by atoms with Crippen molar-refractivity contribution in [1.82, 2.24) is 0 Å². The van der Waals surface area contributed by atoms with Crippen LogP contribution in [-0.4, -0.2) is 5.66 Å². The zero-order valence-electron chi connectivity index (χ0n) is 22.8. The molecule has 7 atom stereocenters. The van der Waals surface area contributed by atoms with Gasteiger partial charge in [-0.1, -0.05) is 64.8 Å². The van der Waals surface area contributed by atoms with Gasteiger partial charge in [0.15, 0.2) is 0 Å². The molecule has 0 aromatic rings. The fraction of sp³-hybridized carbons (Fsp3) is 0.871. The average Bonchev–Trinajstić information content (AvgIpc) is 2.76. The van der Waals surface area contributed by atoms with E-state index in [0.717, 1.165) is 53.0 Å². The van der Waals surface area contributed by atoms with E-state index in [1.165, 1.54) is 76.2 Å². The van der Waals surface area contributed by atoms with Crippen molar-refractivity contribution in [3.8, 4) is 0 Å². The monoisotopic (exact) mass is 460 g/mol. The third-order valence-electron chi connectivity index (χ3n) is 9.49. The SMILES string of the molecule is C=C(CCC(C)C1CCC(C(C=C(C)C)CC)CC1)C[C@@H]1C[C@H](CC)C(P)CC1C(C)C. The topological polar surface area (TPSA) is 0 Å². The number of hydrogen-bond acceptors (Lipinski definition) is 0. The van der Waals surface area contributed by atoms with Crippen molar-refractivity contribution in [2.45, 2.75) is 125 Å². The van der Waals surface area contributed by atoms with Crippen LogP contribution in [0.4, 0.5) is 0 Å². The minimum Gasteiger partial charge on any atom is -0.134 e. The Balaban J connectivity index is 1.79. The molecule has 5 unspecified atom stereocenters. The van der Waals surface area contributed by atoms with E-state index in [0.29, 0.717) is 0 Å². The van der Waals surface area contributed by atoms with Crippen LogP contribution < -0.4 is 0 Å². The third kappa shape index (κ3) is 8.29. The Hall–Kier alpha value is -0.0900.